The van der Waals surface area contributed by atoms with Crippen LogP contribution in [0.15, 0.2) is 47.4 Å². The molecule has 0 spiro atoms. The van der Waals surface area contributed by atoms with Crippen molar-refractivity contribution in [1.82, 2.24) is 0 Å². The van der Waals surface area contributed by atoms with Crippen LogP contribution in [0.1, 0.15) is 89.5 Å². The van der Waals surface area contributed by atoms with E-state index in [1.165, 1.54) is 63.9 Å². The third-order valence-corrected chi connectivity index (χ3v) is 6.61. The molecule has 0 saturated carbocycles. The van der Waals surface area contributed by atoms with Crippen molar-refractivity contribution in [3.63, 3.8) is 0 Å². The molecule has 0 radical (unpaired) electrons. The summed E-state index contributed by atoms with van der Waals surface area (Å²) < 4.78 is 39.0. The van der Waals surface area contributed by atoms with Gasteiger partial charge in [-0.1, -0.05) is 108 Å². The van der Waals surface area contributed by atoms with E-state index in [0.717, 1.165) is 25.3 Å². The van der Waals surface area contributed by atoms with Gasteiger partial charge >= 0.3 is 29.6 Å². The zero-order valence-corrected chi connectivity index (χ0v) is 23.0. The minimum absolute atomic E-state index is 0. The fourth-order valence-electron chi connectivity index (χ4n) is 3.87. The van der Waals surface area contributed by atoms with Gasteiger partial charge in [-0.2, -0.15) is 8.42 Å². The van der Waals surface area contributed by atoms with Gasteiger partial charge in [0.15, 0.2) is 0 Å². The molecule has 0 bridgehead atoms. The van der Waals surface area contributed by atoms with Gasteiger partial charge in [-0.15, -0.1) is 0 Å². The van der Waals surface area contributed by atoms with Gasteiger partial charge in [0.05, 0.1) is 0 Å². The number of hydrogen-bond acceptors (Lipinski definition) is 4. The Labute approximate surface area is 222 Å². The standard InChI is InChI=1S/C26H38O5S.Na/c1-2-3-4-5-6-7-8-9-10-11-12-14-17-22-20-24(27)25(21-26(22)32(28,29)30)31-23-18-15-13-16-19-23;/h13,15-16,18-21,27H,2-12,14,17H2,1H3,(H,28,29,30);/q;+1/p-1. The van der Waals surface area contributed by atoms with E-state index in [1.54, 1.807) is 24.3 Å². The molecule has 0 amide bonds. The average molecular weight is 485 g/mol. The predicted molar refractivity (Wildman–Crippen MR) is 127 cm³/mol. The first-order chi connectivity index (χ1) is 15.4. The minimum atomic E-state index is -4.45. The molecule has 0 unspecified atom stereocenters. The van der Waals surface area contributed by atoms with Crippen molar-refractivity contribution >= 4 is 10.1 Å². The Morgan fingerprint density at radius 2 is 1.33 bits per heavy atom. The average Bonchev–Trinajstić information content (AvgIpc) is 2.76. The third kappa shape index (κ3) is 11.8. The first-order valence-corrected chi connectivity index (χ1v) is 13.4. The monoisotopic (exact) mass is 484 g/mol. The second-order valence-corrected chi connectivity index (χ2v) is 9.83. The van der Waals surface area contributed by atoms with Crippen LogP contribution in [-0.2, 0) is 16.5 Å². The molecule has 0 aromatic heterocycles. The summed E-state index contributed by atoms with van der Waals surface area (Å²) in [4.78, 5) is -0.244. The van der Waals surface area contributed by atoms with Crippen molar-refractivity contribution in [2.75, 3.05) is 0 Å². The number of aryl methyl sites for hydroxylation is 1. The molecule has 2 aromatic rings. The molecular weight excluding hydrogens is 447 g/mol. The maximum absolute atomic E-state index is 12.4. The summed E-state index contributed by atoms with van der Waals surface area (Å²) >= 11 is 0. The predicted octanol–water partition coefficient (Wildman–Crippen LogP) is 4.05. The molecule has 0 aliphatic heterocycles. The van der Waals surface area contributed by atoms with Gasteiger partial charge in [-0.3, -0.25) is 4.55 Å². The summed E-state index contributed by atoms with van der Waals surface area (Å²) in [6.07, 6.45) is 14.9. The van der Waals surface area contributed by atoms with Gasteiger partial charge in [-0.25, -0.2) is 0 Å². The first kappa shape index (κ1) is 30.0. The smallest absolute Gasteiger partial charge is 0.870 e. The van der Waals surface area contributed by atoms with Crippen LogP contribution in [0.3, 0.4) is 0 Å². The third-order valence-electron chi connectivity index (χ3n) is 5.68. The van der Waals surface area contributed by atoms with Gasteiger partial charge in [0.25, 0.3) is 10.1 Å². The molecule has 0 saturated heterocycles. The van der Waals surface area contributed by atoms with Crippen LogP contribution in [-0.4, -0.2) is 13.0 Å². The van der Waals surface area contributed by atoms with Gasteiger partial charge in [0.2, 0.25) is 0 Å². The van der Waals surface area contributed by atoms with E-state index >= 15 is 0 Å². The van der Waals surface area contributed by atoms with Crippen molar-refractivity contribution in [2.45, 2.75) is 95.3 Å². The van der Waals surface area contributed by atoms with Gasteiger partial charge in [0, 0.05) is 6.07 Å². The summed E-state index contributed by atoms with van der Waals surface area (Å²) in [6.45, 7) is 2.23. The Bertz CT molecular complexity index is 900. The Morgan fingerprint density at radius 1 is 0.818 bits per heavy atom. The van der Waals surface area contributed by atoms with Crippen LogP contribution in [0.4, 0.5) is 0 Å². The Morgan fingerprint density at radius 3 is 1.85 bits per heavy atom. The zero-order chi connectivity index (χ0) is 23.2. The molecular formula is C26H37NaO5S. The van der Waals surface area contributed by atoms with E-state index in [0.29, 0.717) is 17.7 Å². The molecule has 0 aliphatic rings. The SMILES string of the molecule is CCCCCCCCCCCCCCc1cc([O-])c(Oc2ccccc2)cc1S(=O)(=O)O.[Na+]. The minimum Gasteiger partial charge on any atom is -0.870 e. The molecule has 7 heteroatoms. The summed E-state index contributed by atoms with van der Waals surface area (Å²) in [6, 6.07) is 11.1. The summed E-state index contributed by atoms with van der Waals surface area (Å²) in [7, 11) is -4.45. The van der Waals surface area contributed by atoms with Crippen molar-refractivity contribution in [3.05, 3.63) is 48.0 Å². The fraction of sp³-hybridized carbons (Fsp3) is 0.538. The van der Waals surface area contributed by atoms with Crippen molar-refractivity contribution < 1.29 is 52.4 Å². The van der Waals surface area contributed by atoms with Crippen molar-refractivity contribution in [3.8, 4) is 17.2 Å². The fourth-order valence-corrected chi connectivity index (χ4v) is 4.62. The van der Waals surface area contributed by atoms with E-state index in [2.05, 4.69) is 6.92 Å². The van der Waals surface area contributed by atoms with Crippen LogP contribution in [0.2, 0.25) is 0 Å². The van der Waals surface area contributed by atoms with Crippen LogP contribution in [0, 0.1) is 0 Å². The Hall–Kier alpha value is -1.05. The van der Waals surface area contributed by atoms with E-state index < -0.39 is 15.9 Å². The Kier molecular flexibility index (Phi) is 15.0. The largest absolute Gasteiger partial charge is 1.00 e. The van der Waals surface area contributed by atoms with Gasteiger partial charge in [0.1, 0.15) is 16.4 Å². The number of benzene rings is 2. The zero-order valence-electron chi connectivity index (χ0n) is 20.2. The Balaban J connectivity index is 0.00000544. The maximum atomic E-state index is 12.4. The molecule has 0 fully saturated rings. The van der Waals surface area contributed by atoms with Crippen LogP contribution in [0.5, 0.6) is 17.2 Å². The van der Waals surface area contributed by atoms with Crippen LogP contribution in [0.25, 0.3) is 0 Å². The van der Waals surface area contributed by atoms with Crippen molar-refractivity contribution in [2.24, 2.45) is 0 Å². The van der Waals surface area contributed by atoms with Gasteiger partial charge in [-0.05, 0) is 30.5 Å². The molecule has 178 valence electrons. The molecule has 0 atom stereocenters. The summed E-state index contributed by atoms with van der Waals surface area (Å²) in [5.41, 5.74) is 0.352. The number of ether oxygens (including phenoxy) is 1. The van der Waals surface area contributed by atoms with E-state index in [1.807, 2.05) is 6.07 Å². The van der Waals surface area contributed by atoms with Crippen LogP contribution < -0.4 is 39.4 Å². The first-order valence-electron chi connectivity index (χ1n) is 12.0. The van der Waals surface area contributed by atoms with E-state index in [4.69, 9.17) is 4.74 Å². The topological polar surface area (TPSA) is 86.7 Å². The summed E-state index contributed by atoms with van der Waals surface area (Å²) in [5, 5.41) is 12.4. The molecule has 0 aliphatic carbocycles. The molecule has 33 heavy (non-hydrogen) atoms. The second kappa shape index (κ2) is 16.6. The maximum Gasteiger partial charge on any atom is 1.00 e. The van der Waals surface area contributed by atoms with Crippen LogP contribution >= 0.6 is 0 Å². The van der Waals surface area contributed by atoms with E-state index in [9.17, 15) is 18.1 Å². The number of hydrogen-bond donors (Lipinski definition) is 1. The van der Waals surface area contributed by atoms with Crippen molar-refractivity contribution in [1.29, 1.82) is 0 Å². The molecule has 1 N–H and O–H groups in total. The van der Waals surface area contributed by atoms with E-state index in [-0.39, 0.29) is 40.2 Å². The summed E-state index contributed by atoms with van der Waals surface area (Å²) in [5.74, 6) is -0.0722. The number of rotatable bonds is 16. The molecule has 5 nitrogen and oxygen atoms in total. The number of para-hydroxylation sites is 1. The second-order valence-electron chi connectivity index (χ2n) is 8.44. The molecule has 2 rings (SSSR count). The van der Waals surface area contributed by atoms with Gasteiger partial charge < -0.3 is 9.84 Å². The molecule has 0 heterocycles. The number of unbranched alkanes of at least 4 members (excludes halogenated alkanes) is 11. The normalized spacial score (nSPS) is 11.2. The molecule has 2 aromatic carbocycles. The quantitative estimate of drug-likeness (QED) is 0.221.